The van der Waals surface area contributed by atoms with Gasteiger partial charge in [-0.3, -0.25) is 9.59 Å². The van der Waals surface area contributed by atoms with Gasteiger partial charge in [-0.2, -0.15) is 5.26 Å². The summed E-state index contributed by atoms with van der Waals surface area (Å²) in [4.78, 5) is 26.3. The van der Waals surface area contributed by atoms with Gasteiger partial charge in [0.2, 0.25) is 11.8 Å². The molecule has 1 heterocycles. The number of nitrogens with zero attached hydrogens (tertiary/aromatic N) is 2. The second kappa shape index (κ2) is 4.01. The van der Waals surface area contributed by atoms with Gasteiger partial charge in [0.15, 0.2) is 0 Å². The summed E-state index contributed by atoms with van der Waals surface area (Å²) >= 11 is 0. The van der Waals surface area contributed by atoms with Gasteiger partial charge in [0.05, 0.1) is 23.1 Å². The molecule has 2 fully saturated rings. The lowest BCUT2D eigenvalue weighted by Crippen LogP contribution is -2.32. The number of imide groups is 1. The molecule has 1 saturated carbocycles. The molecule has 1 aromatic rings. The van der Waals surface area contributed by atoms with Crippen LogP contribution in [0.3, 0.4) is 0 Å². The third-order valence-electron chi connectivity index (χ3n) is 4.80. The zero-order valence-electron chi connectivity index (χ0n) is 11.0. The van der Waals surface area contributed by atoms with E-state index < -0.39 is 5.82 Å². The molecule has 104 valence electrons. The number of rotatable bonds is 1. The first kappa shape index (κ1) is 12.3. The minimum absolute atomic E-state index is 0.136. The van der Waals surface area contributed by atoms with Crippen LogP contribution in [0.1, 0.15) is 12.0 Å². The van der Waals surface area contributed by atoms with E-state index in [1.807, 2.05) is 12.2 Å². The number of fused-ring (bicyclic) bond motifs is 5. The van der Waals surface area contributed by atoms with Gasteiger partial charge in [-0.15, -0.1) is 0 Å². The molecule has 2 bridgehead atoms. The Hall–Kier alpha value is -2.48. The van der Waals surface area contributed by atoms with Crippen LogP contribution in [-0.4, -0.2) is 11.8 Å². The van der Waals surface area contributed by atoms with Crippen LogP contribution in [0, 0.1) is 40.8 Å². The van der Waals surface area contributed by atoms with Gasteiger partial charge < -0.3 is 0 Å². The molecule has 1 aliphatic heterocycles. The number of benzene rings is 1. The number of hydrogen-bond donors (Lipinski definition) is 0. The number of hydrogen-bond acceptors (Lipinski definition) is 3. The predicted octanol–water partition coefficient (Wildman–Crippen LogP) is 2.01. The molecule has 0 N–H and O–H groups in total. The molecule has 2 amide bonds. The van der Waals surface area contributed by atoms with Crippen molar-refractivity contribution in [1.29, 1.82) is 5.26 Å². The molecule has 1 aromatic carbocycles. The lowest BCUT2D eigenvalue weighted by molar-refractivity contribution is -0.123. The average molecular weight is 282 g/mol. The molecule has 0 aromatic heterocycles. The van der Waals surface area contributed by atoms with E-state index in [0.717, 1.165) is 17.4 Å². The minimum Gasteiger partial charge on any atom is -0.274 e. The van der Waals surface area contributed by atoms with Gasteiger partial charge in [-0.05, 0) is 36.5 Å². The lowest BCUT2D eigenvalue weighted by atomic mass is 9.85. The molecule has 0 spiro atoms. The topological polar surface area (TPSA) is 61.2 Å². The molecule has 4 atom stereocenters. The molecule has 2 aliphatic carbocycles. The van der Waals surface area contributed by atoms with E-state index in [4.69, 9.17) is 5.26 Å². The van der Waals surface area contributed by atoms with Crippen LogP contribution in [-0.2, 0) is 9.59 Å². The van der Waals surface area contributed by atoms with Crippen molar-refractivity contribution in [3.8, 4) is 6.07 Å². The monoisotopic (exact) mass is 282 g/mol. The van der Waals surface area contributed by atoms with Crippen LogP contribution in [0.25, 0.3) is 0 Å². The second-order valence-corrected chi connectivity index (χ2v) is 5.79. The maximum Gasteiger partial charge on any atom is 0.238 e. The highest BCUT2D eigenvalue weighted by atomic mass is 19.1. The fourth-order valence-electron chi connectivity index (χ4n) is 3.89. The Morgan fingerprint density at radius 1 is 1.14 bits per heavy atom. The number of halogens is 1. The van der Waals surface area contributed by atoms with Crippen molar-refractivity contribution in [3.63, 3.8) is 0 Å². The van der Waals surface area contributed by atoms with Crippen LogP contribution in [0.15, 0.2) is 30.4 Å². The summed E-state index contributed by atoms with van der Waals surface area (Å²) in [5.41, 5.74) is 0.128. The van der Waals surface area contributed by atoms with E-state index in [0.29, 0.717) is 0 Å². The predicted molar refractivity (Wildman–Crippen MR) is 71.3 cm³/mol. The van der Waals surface area contributed by atoms with Gasteiger partial charge in [-0.25, -0.2) is 9.29 Å². The summed E-state index contributed by atoms with van der Waals surface area (Å²) in [7, 11) is 0. The maximum absolute atomic E-state index is 13.4. The van der Waals surface area contributed by atoms with Gasteiger partial charge in [-0.1, -0.05) is 12.2 Å². The highest BCUT2D eigenvalue weighted by molar-refractivity contribution is 6.22. The highest BCUT2D eigenvalue weighted by Gasteiger charge is 2.59. The Bertz CT molecular complexity index is 719. The van der Waals surface area contributed by atoms with E-state index in [2.05, 4.69) is 0 Å². The van der Waals surface area contributed by atoms with Crippen LogP contribution >= 0.6 is 0 Å². The van der Waals surface area contributed by atoms with E-state index in [9.17, 15) is 14.0 Å². The van der Waals surface area contributed by atoms with Crippen LogP contribution in [0.2, 0.25) is 0 Å². The second-order valence-electron chi connectivity index (χ2n) is 5.79. The fraction of sp³-hybridized carbons (Fsp3) is 0.312. The van der Waals surface area contributed by atoms with E-state index in [-0.39, 0.29) is 46.7 Å². The number of nitriles is 1. The SMILES string of the molecule is N#Cc1cc(N2C(=O)C3C4C=CC(C4)C3C2=O)ccc1F. The quantitative estimate of drug-likeness (QED) is 0.584. The Balaban J connectivity index is 1.76. The highest BCUT2D eigenvalue weighted by Crippen LogP contribution is 2.53. The van der Waals surface area contributed by atoms with Gasteiger partial charge in [0, 0.05) is 0 Å². The maximum atomic E-state index is 13.4. The fourth-order valence-corrected chi connectivity index (χ4v) is 3.89. The number of carbonyl (C=O) groups is 2. The first-order valence-corrected chi connectivity index (χ1v) is 6.87. The molecule has 4 rings (SSSR count). The first-order chi connectivity index (χ1) is 10.1. The normalized spacial score (nSPS) is 32.7. The van der Waals surface area contributed by atoms with Crippen molar-refractivity contribution in [2.75, 3.05) is 4.90 Å². The van der Waals surface area contributed by atoms with E-state index in [1.165, 1.54) is 12.1 Å². The average Bonchev–Trinajstić information content (AvgIpc) is 3.14. The summed E-state index contributed by atoms with van der Waals surface area (Å²) in [6.45, 7) is 0. The molecule has 0 radical (unpaired) electrons. The Labute approximate surface area is 120 Å². The largest absolute Gasteiger partial charge is 0.274 e. The number of anilines is 1. The van der Waals surface area contributed by atoms with Crippen LogP contribution in [0.4, 0.5) is 10.1 Å². The Kier molecular flexibility index (Phi) is 2.35. The van der Waals surface area contributed by atoms with Crippen LogP contribution < -0.4 is 4.90 Å². The van der Waals surface area contributed by atoms with Crippen LogP contribution in [0.5, 0.6) is 0 Å². The van der Waals surface area contributed by atoms with Gasteiger partial charge in [0.25, 0.3) is 0 Å². The standard InChI is InChI=1S/C16H11FN2O2/c17-12-4-3-11(6-10(12)7-18)19-15(20)13-8-1-2-9(5-8)14(13)16(19)21/h1-4,6,8-9,13-14H,5H2. The lowest BCUT2D eigenvalue weighted by Gasteiger charge is -2.17. The van der Waals surface area contributed by atoms with Gasteiger partial charge in [0.1, 0.15) is 11.9 Å². The molecule has 4 unspecified atom stereocenters. The summed E-state index contributed by atoms with van der Waals surface area (Å²) in [6, 6.07) is 5.50. The van der Waals surface area contributed by atoms with Crippen molar-refractivity contribution in [3.05, 3.63) is 41.7 Å². The number of amides is 2. The number of allylic oxidation sites excluding steroid dienone is 2. The third kappa shape index (κ3) is 1.47. The molecule has 5 heteroatoms. The van der Waals surface area contributed by atoms with E-state index in [1.54, 1.807) is 6.07 Å². The zero-order valence-corrected chi connectivity index (χ0v) is 11.0. The molecule has 1 saturated heterocycles. The van der Waals surface area contributed by atoms with E-state index >= 15 is 0 Å². The summed E-state index contributed by atoms with van der Waals surface area (Å²) in [5.74, 6) is -1.40. The smallest absolute Gasteiger partial charge is 0.238 e. The first-order valence-electron chi connectivity index (χ1n) is 6.87. The summed E-state index contributed by atoms with van der Waals surface area (Å²) < 4.78 is 13.4. The van der Waals surface area contributed by atoms with Crippen molar-refractivity contribution in [2.45, 2.75) is 6.42 Å². The van der Waals surface area contributed by atoms with Crippen molar-refractivity contribution < 1.29 is 14.0 Å². The Morgan fingerprint density at radius 2 is 1.76 bits per heavy atom. The van der Waals surface area contributed by atoms with Crippen molar-refractivity contribution in [2.24, 2.45) is 23.7 Å². The third-order valence-corrected chi connectivity index (χ3v) is 4.80. The zero-order chi connectivity index (χ0) is 14.7. The molecule has 21 heavy (non-hydrogen) atoms. The number of carbonyl (C=O) groups excluding carboxylic acids is 2. The Morgan fingerprint density at radius 3 is 2.33 bits per heavy atom. The molecular formula is C16H11FN2O2. The molecule has 4 nitrogen and oxygen atoms in total. The van der Waals surface area contributed by atoms with Gasteiger partial charge >= 0.3 is 0 Å². The van der Waals surface area contributed by atoms with Crippen molar-refractivity contribution >= 4 is 17.5 Å². The molecule has 3 aliphatic rings. The summed E-state index contributed by atoms with van der Waals surface area (Å²) in [6.07, 6.45) is 4.91. The molecular weight excluding hydrogens is 271 g/mol. The van der Waals surface area contributed by atoms with Crippen molar-refractivity contribution in [1.82, 2.24) is 0 Å². The minimum atomic E-state index is -0.651. The summed E-state index contributed by atoms with van der Waals surface area (Å²) in [5, 5.41) is 8.88.